The van der Waals surface area contributed by atoms with E-state index in [2.05, 4.69) is 9.97 Å². The summed E-state index contributed by atoms with van der Waals surface area (Å²) in [5.41, 5.74) is 0.00364. The number of aliphatic hydroxyl groups is 1. The summed E-state index contributed by atoms with van der Waals surface area (Å²) in [6.45, 7) is 0. The first-order valence-corrected chi connectivity index (χ1v) is 10.7. The molecular weight excluding hydrogens is 396 g/mol. The van der Waals surface area contributed by atoms with E-state index in [9.17, 15) is 23.6 Å². The van der Waals surface area contributed by atoms with Crippen molar-refractivity contribution in [2.45, 2.75) is 42.7 Å². The third kappa shape index (κ3) is 3.45. The lowest BCUT2D eigenvalue weighted by atomic mass is 9.93. The Balaban J connectivity index is 1.97. The van der Waals surface area contributed by atoms with Crippen molar-refractivity contribution in [1.29, 1.82) is 0 Å². The van der Waals surface area contributed by atoms with Crippen molar-refractivity contribution in [3.8, 4) is 0 Å². The molecule has 0 bridgehead atoms. The third-order valence-corrected chi connectivity index (χ3v) is 7.12. The van der Waals surface area contributed by atoms with Crippen LogP contribution in [0, 0.1) is 10.1 Å². The molecule has 0 aliphatic heterocycles. The van der Waals surface area contributed by atoms with Crippen LogP contribution in [0.3, 0.4) is 0 Å². The molecule has 2 heterocycles. The van der Waals surface area contributed by atoms with Gasteiger partial charge in [-0.1, -0.05) is 18.2 Å². The normalized spacial score (nSPS) is 19.9. The number of rotatable bonds is 5. The molecule has 2 aromatic heterocycles. The first-order valence-electron chi connectivity index (χ1n) is 9.27. The molecule has 1 aliphatic rings. The molecule has 4 rings (SSSR count). The van der Waals surface area contributed by atoms with Gasteiger partial charge >= 0.3 is 5.69 Å². The quantitative estimate of drug-likeness (QED) is 0.486. The van der Waals surface area contributed by atoms with E-state index >= 15 is 0 Å². The van der Waals surface area contributed by atoms with E-state index in [-0.39, 0.29) is 16.3 Å². The fraction of sp³-hybridized carbons (Fsp3) is 0.316. The summed E-state index contributed by atoms with van der Waals surface area (Å²) in [6.07, 6.45) is 3.83. The van der Waals surface area contributed by atoms with Crippen LogP contribution < -0.4 is 4.31 Å². The highest BCUT2D eigenvalue weighted by molar-refractivity contribution is 7.92. The van der Waals surface area contributed by atoms with Crippen molar-refractivity contribution >= 4 is 32.4 Å². The molecule has 9 nitrogen and oxygen atoms in total. The second kappa shape index (κ2) is 7.45. The molecule has 1 fully saturated rings. The van der Waals surface area contributed by atoms with E-state index in [4.69, 9.17) is 0 Å². The molecule has 1 aliphatic carbocycles. The zero-order valence-corrected chi connectivity index (χ0v) is 16.2. The predicted octanol–water partition coefficient (Wildman–Crippen LogP) is 2.97. The van der Waals surface area contributed by atoms with Crippen LogP contribution in [-0.2, 0) is 10.0 Å². The number of hydrogen-bond acceptors (Lipinski definition) is 6. The largest absolute Gasteiger partial charge is 0.393 e. The summed E-state index contributed by atoms with van der Waals surface area (Å²) < 4.78 is 28.5. The molecule has 0 unspecified atom stereocenters. The number of nitrogens with one attached hydrogen (secondary N) is 1. The van der Waals surface area contributed by atoms with Crippen molar-refractivity contribution in [2.24, 2.45) is 0 Å². The maximum Gasteiger partial charge on any atom is 0.312 e. The summed E-state index contributed by atoms with van der Waals surface area (Å²) in [5, 5.41) is 22.0. The van der Waals surface area contributed by atoms with Gasteiger partial charge in [0.25, 0.3) is 10.0 Å². The predicted molar refractivity (Wildman–Crippen MR) is 107 cm³/mol. The number of aromatic amines is 1. The first kappa shape index (κ1) is 19.3. The number of sulfonamides is 1. The number of aliphatic hydroxyl groups excluding tert-OH is 1. The smallest absolute Gasteiger partial charge is 0.312 e. The van der Waals surface area contributed by atoms with Crippen LogP contribution in [0.25, 0.3) is 11.0 Å². The van der Waals surface area contributed by atoms with Gasteiger partial charge in [-0.2, -0.15) is 0 Å². The Morgan fingerprint density at radius 2 is 1.83 bits per heavy atom. The zero-order valence-electron chi connectivity index (χ0n) is 15.4. The van der Waals surface area contributed by atoms with Gasteiger partial charge in [0.2, 0.25) is 0 Å². The number of nitrogens with zero attached hydrogens (tertiary/aromatic N) is 3. The van der Waals surface area contributed by atoms with Crippen molar-refractivity contribution < 1.29 is 18.4 Å². The van der Waals surface area contributed by atoms with Crippen LogP contribution in [0.4, 0.5) is 11.4 Å². The molecule has 1 saturated carbocycles. The maximum absolute atomic E-state index is 13.7. The topological polar surface area (TPSA) is 129 Å². The molecule has 29 heavy (non-hydrogen) atoms. The monoisotopic (exact) mass is 416 g/mol. The molecule has 3 aromatic rings. The summed E-state index contributed by atoms with van der Waals surface area (Å²) in [6, 6.07) is 8.96. The van der Waals surface area contributed by atoms with Crippen LogP contribution in [0.1, 0.15) is 25.7 Å². The Morgan fingerprint density at radius 3 is 2.48 bits per heavy atom. The third-order valence-electron chi connectivity index (χ3n) is 5.25. The SMILES string of the molecule is O=[N+]([O-])c1cnc2[nH]ccc2c1N(C1CCC(O)CC1)S(=O)(=O)c1ccccc1. The highest BCUT2D eigenvalue weighted by atomic mass is 32.2. The van der Waals surface area contributed by atoms with Gasteiger partial charge in [-0.05, 0) is 43.9 Å². The van der Waals surface area contributed by atoms with Gasteiger partial charge in [-0.15, -0.1) is 0 Å². The Hall–Kier alpha value is -2.98. The molecule has 2 N–H and O–H groups in total. The number of benzene rings is 1. The lowest BCUT2D eigenvalue weighted by Gasteiger charge is -2.36. The van der Waals surface area contributed by atoms with Gasteiger partial charge in [0.05, 0.1) is 21.3 Å². The Labute approximate surface area is 167 Å². The zero-order chi connectivity index (χ0) is 20.6. The molecule has 152 valence electrons. The van der Waals surface area contributed by atoms with Gasteiger partial charge in [-0.25, -0.2) is 13.4 Å². The number of anilines is 1. The Kier molecular flexibility index (Phi) is 4.97. The molecule has 0 amide bonds. The molecular formula is C19H20N4O5S. The summed E-state index contributed by atoms with van der Waals surface area (Å²) in [4.78, 5) is 18.2. The first-order chi connectivity index (χ1) is 13.9. The highest BCUT2D eigenvalue weighted by Crippen LogP contribution is 2.41. The van der Waals surface area contributed by atoms with Crippen LogP contribution in [0.5, 0.6) is 0 Å². The molecule has 0 radical (unpaired) electrons. The summed E-state index contributed by atoms with van der Waals surface area (Å²) >= 11 is 0. The fourth-order valence-electron chi connectivity index (χ4n) is 3.85. The standard InChI is InChI=1S/C19H20N4O5S/c24-14-8-6-13(7-9-14)22(29(27,28)15-4-2-1-3-5-15)18-16-10-11-20-19(16)21-12-17(18)23(25)26/h1-5,10-14,24H,6-9H2,(H,20,21). The summed E-state index contributed by atoms with van der Waals surface area (Å²) in [5.74, 6) is 0. The maximum atomic E-state index is 13.7. The van der Waals surface area contributed by atoms with Crippen molar-refractivity contribution in [2.75, 3.05) is 4.31 Å². The van der Waals surface area contributed by atoms with E-state index in [0.29, 0.717) is 36.7 Å². The van der Waals surface area contributed by atoms with Gasteiger partial charge in [0, 0.05) is 12.2 Å². The second-order valence-electron chi connectivity index (χ2n) is 7.07. The van der Waals surface area contributed by atoms with Crippen LogP contribution >= 0.6 is 0 Å². The van der Waals surface area contributed by atoms with Crippen molar-refractivity contribution in [1.82, 2.24) is 9.97 Å². The number of aromatic nitrogens is 2. The fourth-order valence-corrected chi connectivity index (χ4v) is 5.61. The van der Waals surface area contributed by atoms with Crippen LogP contribution in [0.2, 0.25) is 0 Å². The average molecular weight is 416 g/mol. The van der Waals surface area contributed by atoms with E-state index in [0.717, 1.165) is 6.20 Å². The minimum atomic E-state index is -4.09. The van der Waals surface area contributed by atoms with E-state index in [1.165, 1.54) is 16.4 Å². The Morgan fingerprint density at radius 1 is 1.14 bits per heavy atom. The Bertz CT molecular complexity index is 1140. The van der Waals surface area contributed by atoms with Crippen molar-refractivity contribution in [3.63, 3.8) is 0 Å². The molecule has 10 heteroatoms. The molecule has 0 spiro atoms. The van der Waals surface area contributed by atoms with E-state index in [1.807, 2.05) is 0 Å². The van der Waals surface area contributed by atoms with Crippen molar-refractivity contribution in [3.05, 3.63) is 58.9 Å². The van der Waals surface area contributed by atoms with Crippen LogP contribution in [0.15, 0.2) is 53.7 Å². The minimum Gasteiger partial charge on any atom is -0.393 e. The van der Waals surface area contributed by atoms with E-state index in [1.54, 1.807) is 30.5 Å². The second-order valence-corrected chi connectivity index (χ2v) is 8.88. The van der Waals surface area contributed by atoms with Gasteiger partial charge < -0.3 is 10.1 Å². The number of hydrogen-bond donors (Lipinski definition) is 2. The number of nitro groups is 1. The van der Waals surface area contributed by atoms with Gasteiger partial charge in [0.15, 0.2) is 0 Å². The lowest BCUT2D eigenvalue weighted by Crippen LogP contribution is -2.43. The number of pyridine rings is 1. The molecule has 0 saturated heterocycles. The van der Waals surface area contributed by atoms with Gasteiger partial charge in [-0.3, -0.25) is 14.4 Å². The number of H-pyrrole nitrogens is 1. The number of fused-ring (bicyclic) bond motifs is 1. The molecule has 1 aromatic carbocycles. The molecule has 0 atom stereocenters. The average Bonchev–Trinajstić information content (AvgIpc) is 3.19. The van der Waals surface area contributed by atoms with Crippen LogP contribution in [-0.4, -0.2) is 40.6 Å². The summed E-state index contributed by atoms with van der Waals surface area (Å²) in [7, 11) is -4.09. The lowest BCUT2D eigenvalue weighted by molar-refractivity contribution is -0.384. The minimum absolute atomic E-state index is 0.00601. The highest BCUT2D eigenvalue weighted by Gasteiger charge is 2.39. The van der Waals surface area contributed by atoms with Gasteiger partial charge in [0.1, 0.15) is 17.5 Å². The van der Waals surface area contributed by atoms with E-state index < -0.39 is 27.1 Å².